The summed E-state index contributed by atoms with van der Waals surface area (Å²) in [6.45, 7) is 4.49. The Bertz CT molecular complexity index is 583. The van der Waals surface area contributed by atoms with Crippen LogP contribution in [0.5, 0.6) is 0 Å². The molecule has 2 amide bonds. The number of carbonyl (C=O) groups excluding carboxylic acids is 1. The van der Waals surface area contributed by atoms with Gasteiger partial charge in [0.05, 0.1) is 6.04 Å². The van der Waals surface area contributed by atoms with E-state index >= 15 is 0 Å². The van der Waals surface area contributed by atoms with E-state index in [2.05, 4.69) is 19.2 Å². The van der Waals surface area contributed by atoms with E-state index in [-0.39, 0.29) is 12.1 Å². The highest BCUT2D eigenvalue weighted by Gasteiger charge is 2.22. The zero-order valence-electron chi connectivity index (χ0n) is 13.7. The monoisotopic (exact) mass is 312 g/mol. The van der Waals surface area contributed by atoms with Crippen LogP contribution in [0.15, 0.2) is 60.7 Å². The Morgan fingerprint density at radius 1 is 1.00 bits per heavy atom. The zero-order chi connectivity index (χ0) is 16.5. The minimum atomic E-state index is -0.235. The summed E-state index contributed by atoms with van der Waals surface area (Å²) in [6.07, 6.45) is 1.68. The first kappa shape index (κ1) is 17.0. The molecule has 0 atom stereocenters. The number of rotatable bonds is 7. The van der Waals surface area contributed by atoms with Gasteiger partial charge in [-0.2, -0.15) is 5.06 Å². The largest absolute Gasteiger partial charge is 0.346 e. The minimum Gasteiger partial charge on any atom is -0.306 e. The molecular formula is C19H24N2O2. The van der Waals surface area contributed by atoms with Crippen LogP contribution < -0.4 is 5.32 Å². The molecule has 0 saturated carbocycles. The molecule has 4 heteroatoms. The molecule has 0 aliphatic heterocycles. The molecule has 2 rings (SSSR count). The number of hydroxylamine groups is 2. The van der Waals surface area contributed by atoms with Crippen LogP contribution in [0.25, 0.3) is 0 Å². The van der Waals surface area contributed by atoms with E-state index in [9.17, 15) is 4.79 Å². The Balaban J connectivity index is 2.05. The number of urea groups is 1. The van der Waals surface area contributed by atoms with Gasteiger partial charge in [-0.15, -0.1) is 0 Å². The van der Waals surface area contributed by atoms with Gasteiger partial charge < -0.3 is 5.32 Å². The van der Waals surface area contributed by atoms with Crippen LogP contribution >= 0.6 is 0 Å². The van der Waals surface area contributed by atoms with Crippen molar-refractivity contribution in [2.24, 2.45) is 0 Å². The molecule has 0 unspecified atom stereocenters. The quantitative estimate of drug-likeness (QED) is 0.743. The van der Waals surface area contributed by atoms with Crippen molar-refractivity contribution in [3.05, 3.63) is 66.2 Å². The van der Waals surface area contributed by atoms with E-state index in [0.29, 0.717) is 6.61 Å². The van der Waals surface area contributed by atoms with Crippen molar-refractivity contribution < 1.29 is 9.63 Å². The lowest BCUT2D eigenvalue weighted by Gasteiger charge is -2.29. The van der Waals surface area contributed by atoms with Crippen molar-refractivity contribution in [1.82, 2.24) is 5.06 Å². The van der Waals surface area contributed by atoms with Gasteiger partial charge in [0.1, 0.15) is 6.61 Å². The number of benzene rings is 2. The molecule has 0 aliphatic rings. The highest BCUT2D eigenvalue weighted by Crippen LogP contribution is 2.15. The summed E-state index contributed by atoms with van der Waals surface area (Å²) in [5.74, 6) is 0. The number of hydrogen-bond donors (Lipinski definition) is 1. The van der Waals surface area contributed by atoms with Crippen LogP contribution in [0.1, 0.15) is 32.3 Å². The van der Waals surface area contributed by atoms with Gasteiger partial charge in [0.15, 0.2) is 0 Å². The molecule has 0 saturated heterocycles. The number of nitrogens with one attached hydrogen (secondary N) is 1. The van der Waals surface area contributed by atoms with Crippen molar-refractivity contribution in [3.63, 3.8) is 0 Å². The van der Waals surface area contributed by atoms with Crippen molar-refractivity contribution in [2.75, 3.05) is 5.32 Å². The van der Waals surface area contributed by atoms with Gasteiger partial charge in [0, 0.05) is 5.69 Å². The first-order valence-electron chi connectivity index (χ1n) is 8.06. The lowest BCUT2D eigenvalue weighted by atomic mass is 10.2. The Hall–Kier alpha value is -2.33. The van der Waals surface area contributed by atoms with Gasteiger partial charge in [-0.1, -0.05) is 62.4 Å². The lowest BCUT2D eigenvalue weighted by molar-refractivity contribution is -0.152. The number of carbonyl (C=O) groups is 1. The second-order valence-corrected chi connectivity index (χ2v) is 5.35. The van der Waals surface area contributed by atoms with E-state index in [4.69, 9.17) is 4.84 Å². The van der Waals surface area contributed by atoms with Crippen LogP contribution in [0.3, 0.4) is 0 Å². The Morgan fingerprint density at radius 3 is 2.13 bits per heavy atom. The van der Waals surface area contributed by atoms with E-state index in [0.717, 1.165) is 24.1 Å². The van der Waals surface area contributed by atoms with Crippen molar-refractivity contribution in [2.45, 2.75) is 39.3 Å². The topological polar surface area (TPSA) is 41.6 Å². The van der Waals surface area contributed by atoms with Gasteiger partial charge in [0.25, 0.3) is 0 Å². The first-order chi connectivity index (χ1) is 11.2. The molecule has 0 spiro atoms. The normalized spacial score (nSPS) is 10.6. The summed E-state index contributed by atoms with van der Waals surface area (Å²) in [5.41, 5.74) is 1.80. The lowest BCUT2D eigenvalue weighted by Crippen LogP contribution is -2.42. The fourth-order valence-electron chi connectivity index (χ4n) is 2.37. The second kappa shape index (κ2) is 8.96. The van der Waals surface area contributed by atoms with Crippen molar-refractivity contribution >= 4 is 11.7 Å². The molecule has 122 valence electrons. The number of para-hydroxylation sites is 1. The Morgan fingerprint density at radius 2 is 1.57 bits per heavy atom. The maximum absolute atomic E-state index is 12.6. The second-order valence-electron chi connectivity index (χ2n) is 5.35. The van der Waals surface area contributed by atoms with Crippen LogP contribution in [-0.2, 0) is 11.4 Å². The van der Waals surface area contributed by atoms with Crippen LogP contribution in [0.2, 0.25) is 0 Å². The average Bonchev–Trinajstić information content (AvgIpc) is 2.60. The molecule has 23 heavy (non-hydrogen) atoms. The molecule has 0 radical (unpaired) electrons. The van der Waals surface area contributed by atoms with E-state index in [1.165, 1.54) is 5.06 Å². The third kappa shape index (κ3) is 5.11. The molecular weight excluding hydrogens is 288 g/mol. The number of amides is 2. The van der Waals surface area contributed by atoms with E-state index < -0.39 is 0 Å². The van der Waals surface area contributed by atoms with Crippen molar-refractivity contribution in [1.29, 1.82) is 0 Å². The summed E-state index contributed by atoms with van der Waals surface area (Å²) < 4.78 is 0. The zero-order valence-corrected chi connectivity index (χ0v) is 13.7. The minimum absolute atomic E-state index is 0.0439. The standard InChI is InChI=1S/C19H24N2O2/c1-3-18(4-2)21(23-15-16-11-7-5-8-12-16)19(22)20-17-13-9-6-10-14-17/h5-14,18H,3-4,15H2,1-2H3,(H,20,22). The highest BCUT2D eigenvalue weighted by atomic mass is 16.7. The smallest absolute Gasteiger partial charge is 0.306 e. The SMILES string of the molecule is CCC(CC)N(OCc1ccccc1)C(=O)Nc1ccccc1. The summed E-state index contributed by atoms with van der Waals surface area (Å²) in [5, 5.41) is 4.36. The van der Waals surface area contributed by atoms with Gasteiger partial charge in [0.2, 0.25) is 0 Å². The summed E-state index contributed by atoms with van der Waals surface area (Å²) in [6, 6.07) is 19.1. The molecule has 0 aliphatic carbocycles. The summed E-state index contributed by atoms with van der Waals surface area (Å²) >= 11 is 0. The van der Waals surface area contributed by atoms with Gasteiger partial charge in [-0.25, -0.2) is 4.79 Å². The molecule has 4 nitrogen and oxygen atoms in total. The third-order valence-electron chi connectivity index (χ3n) is 3.71. The van der Waals surface area contributed by atoms with Crippen LogP contribution in [-0.4, -0.2) is 17.1 Å². The maximum Gasteiger partial charge on any atom is 0.346 e. The molecule has 1 N–H and O–H groups in total. The summed E-state index contributed by atoms with van der Waals surface area (Å²) in [7, 11) is 0. The number of hydrogen-bond acceptors (Lipinski definition) is 2. The van der Waals surface area contributed by atoms with Crippen molar-refractivity contribution in [3.8, 4) is 0 Å². The number of nitrogens with zero attached hydrogens (tertiary/aromatic N) is 1. The van der Waals surface area contributed by atoms with Gasteiger partial charge >= 0.3 is 6.03 Å². The van der Waals surface area contributed by atoms with Gasteiger partial charge in [-0.3, -0.25) is 4.84 Å². The first-order valence-corrected chi connectivity index (χ1v) is 8.06. The molecule has 2 aromatic rings. The number of anilines is 1. The molecule has 0 aromatic heterocycles. The fraction of sp³-hybridized carbons (Fsp3) is 0.316. The predicted octanol–water partition coefficient (Wildman–Crippen LogP) is 4.84. The average molecular weight is 312 g/mol. The highest BCUT2D eigenvalue weighted by molar-refractivity contribution is 5.88. The third-order valence-corrected chi connectivity index (χ3v) is 3.71. The van der Waals surface area contributed by atoms with Crippen LogP contribution in [0, 0.1) is 0 Å². The Kier molecular flexibility index (Phi) is 6.63. The molecule has 0 bridgehead atoms. The summed E-state index contributed by atoms with van der Waals surface area (Å²) in [4.78, 5) is 18.4. The fourth-order valence-corrected chi connectivity index (χ4v) is 2.37. The molecule has 0 fully saturated rings. The molecule has 2 aromatic carbocycles. The van der Waals surface area contributed by atoms with E-state index in [1.54, 1.807) is 0 Å². The predicted molar refractivity (Wildman–Crippen MR) is 92.9 cm³/mol. The Labute approximate surface area is 138 Å². The molecule has 0 heterocycles. The van der Waals surface area contributed by atoms with Gasteiger partial charge in [-0.05, 0) is 30.5 Å². The van der Waals surface area contributed by atoms with E-state index in [1.807, 2.05) is 60.7 Å². The van der Waals surface area contributed by atoms with Crippen LogP contribution in [0.4, 0.5) is 10.5 Å². The maximum atomic E-state index is 12.6.